The van der Waals surface area contributed by atoms with Gasteiger partial charge in [0.25, 0.3) is 0 Å². The minimum atomic E-state index is -0.191. The average Bonchev–Trinajstić information content (AvgIpc) is 3.48. The molecule has 1 aromatic carbocycles. The number of aliphatic imine (C=N–C) groups is 1. The van der Waals surface area contributed by atoms with Gasteiger partial charge in [-0.15, -0.1) is 0 Å². The number of aromatic nitrogens is 2. The molecular formula is C20H18N6O2. The van der Waals surface area contributed by atoms with E-state index in [4.69, 9.17) is 18.8 Å². The van der Waals surface area contributed by atoms with Crippen molar-refractivity contribution in [1.29, 1.82) is 0 Å². The SMILES string of the molecule is c1coc(CN2CN=C3N[C@H](c4ccco4)n4c(nc5ccccc54)N3C2)c1. The molecule has 8 nitrogen and oxygen atoms in total. The first-order valence-electron chi connectivity index (χ1n) is 9.20. The van der Waals surface area contributed by atoms with Crippen LogP contribution in [-0.4, -0.2) is 33.7 Å². The molecule has 0 fully saturated rings. The zero-order valence-corrected chi connectivity index (χ0v) is 15.0. The van der Waals surface area contributed by atoms with E-state index >= 15 is 0 Å². The second kappa shape index (κ2) is 6.00. The maximum Gasteiger partial charge on any atom is 0.216 e. The maximum atomic E-state index is 5.71. The van der Waals surface area contributed by atoms with Gasteiger partial charge in [0.1, 0.15) is 11.5 Å². The van der Waals surface area contributed by atoms with Gasteiger partial charge in [-0.05, 0) is 36.4 Å². The largest absolute Gasteiger partial charge is 0.468 e. The number of furan rings is 2. The summed E-state index contributed by atoms with van der Waals surface area (Å²) in [6.45, 7) is 1.95. The fourth-order valence-electron chi connectivity index (χ4n) is 3.88. The van der Waals surface area contributed by atoms with E-state index in [-0.39, 0.29) is 6.17 Å². The number of nitrogens with one attached hydrogen (secondary N) is 1. The predicted molar refractivity (Wildman–Crippen MR) is 104 cm³/mol. The number of para-hydroxylation sites is 2. The molecule has 0 bridgehead atoms. The minimum Gasteiger partial charge on any atom is -0.468 e. The van der Waals surface area contributed by atoms with Crippen molar-refractivity contribution in [3.63, 3.8) is 0 Å². The summed E-state index contributed by atoms with van der Waals surface area (Å²) in [5.74, 6) is 3.40. The lowest BCUT2D eigenvalue weighted by Crippen LogP contribution is -2.57. The summed E-state index contributed by atoms with van der Waals surface area (Å²) < 4.78 is 13.4. The zero-order valence-electron chi connectivity index (χ0n) is 15.0. The summed E-state index contributed by atoms with van der Waals surface area (Å²) in [6.07, 6.45) is 3.20. The van der Waals surface area contributed by atoms with Crippen molar-refractivity contribution in [2.75, 3.05) is 18.2 Å². The van der Waals surface area contributed by atoms with E-state index in [0.29, 0.717) is 19.9 Å². The smallest absolute Gasteiger partial charge is 0.216 e. The van der Waals surface area contributed by atoms with E-state index in [9.17, 15) is 0 Å². The van der Waals surface area contributed by atoms with E-state index in [2.05, 4.69) is 25.8 Å². The molecule has 2 aliphatic rings. The number of rotatable bonds is 3. The van der Waals surface area contributed by atoms with Crippen LogP contribution in [0.2, 0.25) is 0 Å². The molecule has 8 heteroatoms. The van der Waals surface area contributed by atoms with Crippen molar-refractivity contribution in [3.05, 3.63) is 72.6 Å². The van der Waals surface area contributed by atoms with Crippen molar-refractivity contribution in [2.24, 2.45) is 4.99 Å². The second-order valence-electron chi connectivity index (χ2n) is 6.93. The van der Waals surface area contributed by atoms with Crippen LogP contribution in [0.4, 0.5) is 5.95 Å². The molecule has 0 spiro atoms. The van der Waals surface area contributed by atoms with Crippen LogP contribution < -0.4 is 10.2 Å². The molecule has 2 aliphatic heterocycles. The molecule has 1 atom stereocenters. The Balaban J connectivity index is 1.44. The second-order valence-corrected chi connectivity index (χ2v) is 6.93. The van der Waals surface area contributed by atoms with E-state index in [1.54, 1.807) is 12.5 Å². The Hall–Kier alpha value is -3.52. The molecule has 0 saturated heterocycles. The number of hydrogen-bond donors (Lipinski definition) is 1. The van der Waals surface area contributed by atoms with Gasteiger partial charge >= 0.3 is 0 Å². The number of guanidine groups is 1. The summed E-state index contributed by atoms with van der Waals surface area (Å²) in [7, 11) is 0. The van der Waals surface area contributed by atoms with Gasteiger partial charge in [-0.1, -0.05) is 12.1 Å². The fraction of sp³-hybridized carbons (Fsp3) is 0.200. The van der Waals surface area contributed by atoms with Gasteiger partial charge < -0.3 is 14.2 Å². The normalized spacial score (nSPS) is 19.2. The summed E-state index contributed by atoms with van der Waals surface area (Å²) in [4.78, 5) is 14.0. The van der Waals surface area contributed by atoms with Crippen LogP contribution in [-0.2, 0) is 6.54 Å². The van der Waals surface area contributed by atoms with Crippen LogP contribution in [0.15, 0.2) is 74.9 Å². The monoisotopic (exact) mass is 374 g/mol. The molecule has 0 radical (unpaired) electrons. The van der Waals surface area contributed by atoms with E-state index in [1.165, 1.54) is 0 Å². The van der Waals surface area contributed by atoms with Gasteiger partial charge in [-0.3, -0.25) is 14.4 Å². The van der Waals surface area contributed by atoms with Crippen molar-refractivity contribution in [2.45, 2.75) is 12.7 Å². The first-order chi connectivity index (χ1) is 13.9. The Kier molecular flexibility index (Phi) is 3.33. The predicted octanol–water partition coefficient (Wildman–Crippen LogP) is 2.97. The zero-order chi connectivity index (χ0) is 18.5. The molecule has 0 aliphatic carbocycles. The number of imidazole rings is 1. The molecular weight excluding hydrogens is 356 g/mol. The molecule has 0 saturated carbocycles. The molecule has 5 heterocycles. The molecule has 0 unspecified atom stereocenters. The lowest BCUT2D eigenvalue weighted by Gasteiger charge is -2.40. The van der Waals surface area contributed by atoms with E-state index in [0.717, 1.165) is 34.5 Å². The quantitative estimate of drug-likeness (QED) is 0.594. The van der Waals surface area contributed by atoms with Crippen LogP contribution in [0, 0.1) is 0 Å². The molecule has 0 amide bonds. The molecule has 1 N–H and O–H groups in total. The highest BCUT2D eigenvalue weighted by Gasteiger charge is 2.36. The van der Waals surface area contributed by atoms with Gasteiger partial charge in [-0.25, -0.2) is 9.98 Å². The fourth-order valence-corrected chi connectivity index (χ4v) is 3.88. The highest BCUT2D eigenvalue weighted by molar-refractivity contribution is 5.98. The average molecular weight is 374 g/mol. The number of nitrogens with zero attached hydrogens (tertiary/aromatic N) is 5. The summed E-state index contributed by atoms with van der Waals surface area (Å²) in [5, 5.41) is 3.53. The third kappa shape index (κ3) is 2.35. The maximum absolute atomic E-state index is 5.71. The van der Waals surface area contributed by atoms with Gasteiger partial charge in [-0.2, -0.15) is 0 Å². The van der Waals surface area contributed by atoms with Crippen LogP contribution in [0.25, 0.3) is 11.0 Å². The number of hydrogen-bond acceptors (Lipinski definition) is 7. The van der Waals surface area contributed by atoms with Crippen LogP contribution in [0.1, 0.15) is 17.7 Å². The lowest BCUT2D eigenvalue weighted by molar-refractivity contribution is 0.241. The van der Waals surface area contributed by atoms with Crippen LogP contribution >= 0.6 is 0 Å². The van der Waals surface area contributed by atoms with E-state index in [1.807, 2.05) is 42.5 Å². The molecule has 3 aromatic heterocycles. The topological polar surface area (TPSA) is 75.0 Å². The van der Waals surface area contributed by atoms with Crippen LogP contribution in [0.5, 0.6) is 0 Å². The molecule has 140 valence electrons. The van der Waals surface area contributed by atoms with Crippen molar-refractivity contribution in [3.8, 4) is 0 Å². The highest BCUT2D eigenvalue weighted by atomic mass is 16.3. The summed E-state index contributed by atoms with van der Waals surface area (Å²) >= 11 is 0. The highest BCUT2D eigenvalue weighted by Crippen LogP contribution is 2.34. The van der Waals surface area contributed by atoms with Gasteiger partial charge in [0, 0.05) is 0 Å². The van der Waals surface area contributed by atoms with Gasteiger partial charge in [0.2, 0.25) is 11.9 Å². The van der Waals surface area contributed by atoms with Crippen molar-refractivity contribution in [1.82, 2.24) is 19.8 Å². The third-order valence-electron chi connectivity index (χ3n) is 5.13. The lowest BCUT2D eigenvalue weighted by atomic mass is 10.2. The first-order valence-corrected chi connectivity index (χ1v) is 9.20. The Bertz CT molecular complexity index is 1150. The van der Waals surface area contributed by atoms with E-state index < -0.39 is 0 Å². The Labute approximate surface area is 160 Å². The van der Waals surface area contributed by atoms with Gasteiger partial charge in [0.15, 0.2) is 6.17 Å². The molecule has 6 rings (SSSR count). The van der Waals surface area contributed by atoms with Crippen molar-refractivity contribution >= 4 is 22.9 Å². The summed E-state index contributed by atoms with van der Waals surface area (Å²) in [5.41, 5.74) is 1.99. The summed E-state index contributed by atoms with van der Waals surface area (Å²) in [6, 6.07) is 15.9. The molecule has 4 aromatic rings. The van der Waals surface area contributed by atoms with Crippen molar-refractivity contribution < 1.29 is 8.83 Å². The number of benzene rings is 1. The van der Waals surface area contributed by atoms with Gasteiger partial charge in [0.05, 0.1) is 43.4 Å². The first kappa shape index (κ1) is 15.5. The Morgan fingerprint density at radius 3 is 2.79 bits per heavy atom. The Morgan fingerprint density at radius 1 is 1.04 bits per heavy atom. The minimum absolute atomic E-state index is 0.191. The number of fused-ring (bicyclic) bond motifs is 5. The Morgan fingerprint density at radius 2 is 1.93 bits per heavy atom. The number of anilines is 1. The molecule has 28 heavy (non-hydrogen) atoms. The third-order valence-corrected chi connectivity index (χ3v) is 5.13. The standard InChI is InChI=1S/C20H18N6O2/c1-2-7-16-15(6-1)22-20-25-13-24(11-14-5-3-9-27-14)12-21-19(25)23-18(26(16)20)17-8-4-10-28-17/h1-10,18H,11-13H2,(H,21,23)/t18-/m0/s1. The van der Waals surface area contributed by atoms with Crippen LogP contribution in [0.3, 0.4) is 0 Å².